The number of hydrogen-bond acceptors (Lipinski definition) is 2. The van der Waals surface area contributed by atoms with Crippen LogP contribution >= 0.6 is 0 Å². The minimum atomic E-state index is 0.0330. The number of carbonyl (C=O) groups excluding carboxylic acids is 2. The maximum absolute atomic E-state index is 11.7. The van der Waals surface area contributed by atoms with Crippen LogP contribution in [0.3, 0.4) is 0 Å². The van der Waals surface area contributed by atoms with Crippen molar-refractivity contribution in [1.29, 1.82) is 0 Å². The summed E-state index contributed by atoms with van der Waals surface area (Å²) in [5.74, 6) is 0.697. The molecule has 0 unspecified atom stereocenters. The molecule has 0 atom stereocenters. The number of nitrogens with one attached hydrogen (secondary N) is 1. The fourth-order valence-corrected chi connectivity index (χ4v) is 2.15. The predicted octanol–water partition coefficient (Wildman–Crippen LogP) is 2.34. The van der Waals surface area contributed by atoms with Gasteiger partial charge in [0.15, 0.2) is 0 Å². The molecule has 1 heterocycles. The van der Waals surface area contributed by atoms with Gasteiger partial charge in [0.05, 0.1) is 6.42 Å². The van der Waals surface area contributed by atoms with Crippen LogP contribution in [0.5, 0.6) is 0 Å². The molecule has 1 amide bonds. The lowest BCUT2D eigenvalue weighted by Gasteiger charge is -2.05. The van der Waals surface area contributed by atoms with E-state index in [1.54, 1.807) is 0 Å². The van der Waals surface area contributed by atoms with Crippen LogP contribution < -0.4 is 5.32 Å². The van der Waals surface area contributed by atoms with Gasteiger partial charge in [0.25, 0.3) is 0 Å². The molecule has 0 saturated heterocycles. The quantitative estimate of drug-likeness (QED) is 0.864. The van der Waals surface area contributed by atoms with Crippen LogP contribution in [0.15, 0.2) is 18.2 Å². The molecule has 1 aliphatic heterocycles. The number of anilines is 1. The summed E-state index contributed by atoms with van der Waals surface area (Å²) < 4.78 is 0. The number of benzene rings is 1. The van der Waals surface area contributed by atoms with Gasteiger partial charge in [-0.3, -0.25) is 9.59 Å². The van der Waals surface area contributed by atoms with E-state index in [-0.39, 0.29) is 11.7 Å². The predicted molar refractivity (Wildman–Crippen MR) is 66.9 cm³/mol. The Bertz CT molecular complexity index is 463. The second kappa shape index (κ2) is 4.70. The van der Waals surface area contributed by atoms with Crippen LogP contribution in [-0.4, -0.2) is 11.7 Å². The van der Waals surface area contributed by atoms with Crippen molar-refractivity contribution in [2.24, 2.45) is 5.92 Å². The van der Waals surface area contributed by atoms with Crippen LogP contribution in [0.25, 0.3) is 0 Å². The molecule has 17 heavy (non-hydrogen) atoms. The fraction of sp³-hybridized carbons (Fsp3) is 0.429. The van der Waals surface area contributed by atoms with Gasteiger partial charge in [0, 0.05) is 18.5 Å². The Balaban J connectivity index is 2.06. The Morgan fingerprint density at radius 1 is 1.41 bits per heavy atom. The van der Waals surface area contributed by atoms with Crippen LogP contribution in [0, 0.1) is 5.92 Å². The van der Waals surface area contributed by atoms with E-state index in [4.69, 9.17) is 0 Å². The molecule has 0 spiro atoms. The molecule has 0 aliphatic carbocycles. The number of hydrogen-bond donors (Lipinski definition) is 1. The van der Waals surface area contributed by atoms with E-state index in [0.29, 0.717) is 25.2 Å². The zero-order valence-electron chi connectivity index (χ0n) is 10.2. The summed E-state index contributed by atoms with van der Waals surface area (Å²) in [6.07, 6.45) is 1.52. The van der Waals surface area contributed by atoms with Gasteiger partial charge in [0.1, 0.15) is 5.78 Å². The number of fused-ring (bicyclic) bond motifs is 1. The highest BCUT2D eigenvalue weighted by Gasteiger charge is 2.18. The normalized spacial score (nSPS) is 13.7. The highest BCUT2D eigenvalue weighted by atomic mass is 16.1. The Hall–Kier alpha value is -1.64. The van der Waals surface area contributed by atoms with Crippen molar-refractivity contribution in [2.75, 3.05) is 5.32 Å². The summed E-state index contributed by atoms with van der Waals surface area (Å²) in [7, 11) is 0. The number of carbonyl (C=O) groups is 2. The third-order valence-corrected chi connectivity index (χ3v) is 2.83. The smallest absolute Gasteiger partial charge is 0.228 e. The van der Waals surface area contributed by atoms with Crippen molar-refractivity contribution in [3.63, 3.8) is 0 Å². The molecule has 1 aliphatic rings. The number of amides is 1. The van der Waals surface area contributed by atoms with Crippen LogP contribution in [0.4, 0.5) is 5.69 Å². The molecule has 1 aromatic carbocycles. The van der Waals surface area contributed by atoms with Gasteiger partial charge >= 0.3 is 0 Å². The standard InChI is InChI=1S/C14H17NO2/c1-9(2)5-12(16)7-10-3-4-13-11(6-10)8-14(17)15-13/h3-4,6,9H,5,7-8H2,1-2H3,(H,15,17). The lowest BCUT2D eigenvalue weighted by Crippen LogP contribution is -2.06. The van der Waals surface area contributed by atoms with Gasteiger partial charge in [-0.15, -0.1) is 0 Å². The fourth-order valence-electron chi connectivity index (χ4n) is 2.15. The number of rotatable bonds is 4. The molecular formula is C14H17NO2. The van der Waals surface area contributed by atoms with Crippen LogP contribution in [0.2, 0.25) is 0 Å². The minimum Gasteiger partial charge on any atom is -0.326 e. The monoisotopic (exact) mass is 231 g/mol. The van der Waals surface area contributed by atoms with Crippen molar-refractivity contribution >= 4 is 17.4 Å². The molecule has 0 fully saturated rings. The summed E-state index contributed by atoms with van der Waals surface area (Å²) in [6, 6.07) is 5.77. The molecule has 2 rings (SSSR count). The topological polar surface area (TPSA) is 46.2 Å². The van der Waals surface area contributed by atoms with E-state index >= 15 is 0 Å². The minimum absolute atomic E-state index is 0.0330. The molecule has 3 nitrogen and oxygen atoms in total. The van der Waals surface area contributed by atoms with E-state index in [2.05, 4.69) is 5.32 Å². The van der Waals surface area contributed by atoms with E-state index in [9.17, 15) is 9.59 Å². The summed E-state index contributed by atoms with van der Waals surface area (Å²) in [6.45, 7) is 4.09. The first-order valence-electron chi connectivity index (χ1n) is 5.98. The lowest BCUT2D eigenvalue weighted by atomic mass is 9.99. The Morgan fingerprint density at radius 2 is 2.18 bits per heavy atom. The average Bonchev–Trinajstić information content (AvgIpc) is 2.55. The Morgan fingerprint density at radius 3 is 2.88 bits per heavy atom. The molecule has 0 radical (unpaired) electrons. The lowest BCUT2D eigenvalue weighted by molar-refractivity contribution is -0.119. The zero-order valence-corrected chi connectivity index (χ0v) is 10.2. The molecule has 3 heteroatoms. The molecule has 0 aromatic heterocycles. The van der Waals surface area contributed by atoms with Crippen molar-refractivity contribution < 1.29 is 9.59 Å². The molecule has 1 N–H and O–H groups in total. The molecule has 1 aromatic rings. The van der Waals surface area contributed by atoms with Crippen molar-refractivity contribution in [2.45, 2.75) is 33.1 Å². The van der Waals surface area contributed by atoms with E-state index < -0.39 is 0 Å². The number of ketones is 1. The summed E-state index contributed by atoms with van der Waals surface area (Å²) in [5, 5.41) is 2.79. The van der Waals surface area contributed by atoms with Crippen molar-refractivity contribution in [3.8, 4) is 0 Å². The van der Waals surface area contributed by atoms with E-state index in [1.165, 1.54) is 0 Å². The van der Waals surface area contributed by atoms with Crippen molar-refractivity contribution in [1.82, 2.24) is 0 Å². The van der Waals surface area contributed by atoms with Gasteiger partial charge in [-0.2, -0.15) is 0 Å². The molecule has 0 bridgehead atoms. The SMILES string of the molecule is CC(C)CC(=O)Cc1ccc2c(c1)CC(=O)N2. The zero-order chi connectivity index (χ0) is 12.4. The summed E-state index contributed by atoms with van der Waals surface area (Å²) >= 11 is 0. The van der Waals surface area contributed by atoms with Crippen LogP contribution in [-0.2, 0) is 22.4 Å². The van der Waals surface area contributed by atoms with Gasteiger partial charge in [0.2, 0.25) is 5.91 Å². The highest BCUT2D eigenvalue weighted by molar-refractivity contribution is 5.99. The second-order valence-corrected chi connectivity index (χ2v) is 5.03. The van der Waals surface area contributed by atoms with Crippen molar-refractivity contribution in [3.05, 3.63) is 29.3 Å². The third kappa shape index (κ3) is 2.93. The van der Waals surface area contributed by atoms with Gasteiger partial charge in [-0.1, -0.05) is 26.0 Å². The Labute approximate surface area is 101 Å². The maximum Gasteiger partial charge on any atom is 0.228 e. The number of Topliss-reactive ketones (excluding diaryl/α,β-unsaturated/α-hetero) is 1. The first-order valence-corrected chi connectivity index (χ1v) is 5.98. The van der Waals surface area contributed by atoms with E-state index in [1.807, 2.05) is 32.0 Å². The second-order valence-electron chi connectivity index (χ2n) is 5.03. The van der Waals surface area contributed by atoms with Gasteiger partial charge in [-0.05, 0) is 23.1 Å². The first kappa shape index (κ1) is 11.8. The van der Waals surface area contributed by atoms with Gasteiger partial charge < -0.3 is 5.32 Å². The molecule has 90 valence electrons. The average molecular weight is 231 g/mol. The van der Waals surface area contributed by atoms with Crippen LogP contribution in [0.1, 0.15) is 31.4 Å². The molecule has 0 saturated carbocycles. The maximum atomic E-state index is 11.7. The third-order valence-electron chi connectivity index (χ3n) is 2.83. The summed E-state index contributed by atoms with van der Waals surface area (Å²) in [4.78, 5) is 22.9. The highest BCUT2D eigenvalue weighted by Crippen LogP contribution is 2.24. The summed E-state index contributed by atoms with van der Waals surface area (Å²) in [5.41, 5.74) is 2.89. The largest absolute Gasteiger partial charge is 0.326 e. The Kier molecular flexibility index (Phi) is 3.27. The first-order chi connectivity index (χ1) is 8.04. The van der Waals surface area contributed by atoms with Gasteiger partial charge in [-0.25, -0.2) is 0 Å². The van der Waals surface area contributed by atoms with E-state index in [0.717, 1.165) is 16.8 Å². The molecular weight excluding hydrogens is 214 g/mol.